The molecule has 6 heteroatoms. The van der Waals surface area contributed by atoms with Crippen LogP contribution in [0.25, 0.3) is 0 Å². The van der Waals surface area contributed by atoms with Crippen LogP contribution >= 0.6 is 0 Å². The summed E-state index contributed by atoms with van der Waals surface area (Å²) in [7, 11) is -1.14. The van der Waals surface area contributed by atoms with E-state index in [1.165, 1.54) is 0 Å². The molecule has 18 heavy (non-hydrogen) atoms. The molecule has 0 bridgehead atoms. The molecule has 0 aliphatic carbocycles. The number of hydrogen-bond donors (Lipinski definition) is 1. The molecule has 1 aliphatic heterocycles. The molecule has 0 amide bonds. The highest BCUT2D eigenvalue weighted by Gasteiger charge is 2.27. The lowest BCUT2D eigenvalue weighted by molar-refractivity contribution is 0.0981. The fraction of sp³-hybridized carbons (Fsp3) is 1.00. The summed E-state index contributed by atoms with van der Waals surface area (Å²) < 4.78 is 31.9. The van der Waals surface area contributed by atoms with Crippen molar-refractivity contribution in [1.82, 2.24) is 9.62 Å². The Morgan fingerprint density at radius 3 is 2.56 bits per heavy atom. The Labute approximate surface area is 111 Å². The number of sulfonamides is 1. The van der Waals surface area contributed by atoms with E-state index in [1.54, 1.807) is 0 Å². The van der Waals surface area contributed by atoms with Gasteiger partial charge in [0.2, 0.25) is 10.0 Å². The van der Waals surface area contributed by atoms with Crippen LogP contribution in [0.3, 0.4) is 0 Å². The highest BCUT2D eigenvalue weighted by Crippen LogP contribution is 2.14. The highest BCUT2D eigenvalue weighted by molar-refractivity contribution is 7.90. The molecule has 1 fully saturated rings. The zero-order valence-electron chi connectivity index (χ0n) is 11.7. The van der Waals surface area contributed by atoms with Crippen LogP contribution < -0.4 is 4.72 Å². The molecule has 0 saturated carbocycles. The van der Waals surface area contributed by atoms with Gasteiger partial charge in [-0.2, -0.15) is 0 Å². The summed E-state index contributed by atoms with van der Waals surface area (Å²) in [5, 5.41) is -0.278. The van der Waals surface area contributed by atoms with Gasteiger partial charge in [-0.3, -0.25) is 0 Å². The van der Waals surface area contributed by atoms with Gasteiger partial charge >= 0.3 is 0 Å². The summed E-state index contributed by atoms with van der Waals surface area (Å²) in [5.74, 6) is 0. The van der Waals surface area contributed by atoms with Crippen LogP contribution in [0.15, 0.2) is 0 Å². The zero-order chi connectivity index (χ0) is 13.6. The van der Waals surface area contributed by atoms with Crippen molar-refractivity contribution in [1.29, 1.82) is 0 Å². The standard InChI is InChI=1S/C12H26N2O3S/c1-4-11(2)14(3)8-7-13-18(15,16)12-5-9-17-10-6-12/h11-13H,4-10H2,1-3H3. The Balaban J connectivity index is 2.33. The summed E-state index contributed by atoms with van der Waals surface area (Å²) in [5.41, 5.74) is 0. The maximum Gasteiger partial charge on any atom is 0.214 e. The van der Waals surface area contributed by atoms with Crippen molar-refractivity contribution >= 4 is 10.0 Å². The predicted octanol–water partition coefficient (Wildman–Crippen LogP) is 0.815. The molecule has 0 aromatic heterocycles. The van der Waals surface area contributed by atoms with Crippen LogP contribution in [0.2, 0.25) is 0 Å². The monoisotopic (exact) mass is 278 g/mol. The first-order chi connectivity index (χ1) is 8.47. The molecule has 1 saturated heterocycles. The van der Waals surface area contributed by atoms with E-state index in [2.05, 4.69) is 23.5 Å². The van der Waals surface area contributed by atoms with Crippen molar-refractivity contribution in [2.45, 2.75) is 44.4 Å². The van der Waals surface area contributed by atoms with Gasteiger partial charge in [0.05, 0.1) is 5.25 Å². The van der Waals surface area contributed by atoms with Crippen LogP contribution in [-0.2, 0) is 14.8 Å². The van der Waals surface area contributed by atoms with E-state index in [0.717, 1.165) is 13.0 Å². The summed E-state index contributed by atoms with van der Waals surface area (Å²) in [6, 6.07) is 0.484. The van der Waals surface area contributed by atoms with Gasteiger partial charge in [-0.05, 0) is 33.2 Å². The Bertz CT molecular complexity index is 326. The van der Waals surface area contributed by atoms with Gasteiger partial charge < -0.3 is 9.64 Å². The van der Waals surface area contributed by atoms with Crippen LogP contribution in [0.4, 0.5) is 0 Å². The van der Waals surface area contributed by atoms with Gasteiger partial charge in [-0.25, -0.2) is 13.1 Å². The SMILES string of the molecule is CCC(C)N(C)CCNS(=O)(=O)C1CCOCC1. The Morgan fingerprint density at radius 1 is 1.39 bits per heavy atom. The molecule has 0 aromatic carbocycles. The molecular weight excluding hydrogens is 252 g/mol. The first kappa shape index (κ1) is 15.9. The fourth-order valence-electron chi connectivity index (χ4n) is 2.00. The molecule has 1 rings (SSSR count). The minimum atomic E-state index is -3.17. The minimum absolute atomic E-state index is 0.278. The fourth-order valence-corrected chi connectivity index (χ4v) is 3.42. The lowest BCUT2D eigenvalue weighted by atomic mass is 10.2. The first-order valence-electron chi connectivity index (χ1n) is 6.73. The average molecular weight is 278 g/mol. The number of nitrogens with one attached hydrogen (secondary N) is 1. The van der Waals surface area contributed by atoms with Crippen molar-refractivity contribution in [2.75, 3.05) is 33.4 Å². The van der Waals surface area contributed by atoms with Crippen molar-refractivity contribution in [3.8, 4) is 0 Å². The van der Waals surface area contributed by atoms with Gasteiger partial charge in [0.15, 0.2) is 0 Å². The smallest absolute Gasteiger partial charge is 0.214 e. The maximum atomic E-state index is 12.0. The molecule has 0 aromatic rings. The molecule has 0 spiro atoms. The minimum Gasteiger partial charge on any atom is -0.381 e. The molecule has 108 valence electrons. The zero-order valence-corrected chi connectivity index (χ0v) is 12.5. The van der Waals surface area contributed by atoms with Crippen molar-refractivity contribution in [3.63, 3.8) is 0 Å². The van der Waals surface area contributed by atoms with Crippen molar-refractivity contribution in [3.05, 3.63) is 0 Å². The quantitative estimate of drug-likeness (QED) is 0.749. The lowest BCUT2D eigenvalue weighted by Gasteiger charge is -2.25. The third-order valence-electron chi connectivity index (χ3n) is 3.72. The topological polar surface area (TPSA) is 58.6 Å². The van der Waals surface area contributed by atoms with Gasteiger partial charge in [0.1, 0.15) is 0 Å². The number of rotatable bonds is 7. The van der Waals surface area contributed by atoms with E-state index < -0.39 is 10.0 Å². The Morgan fingerprint density at radius 2 is 2.00 bits per heavy atom. The van der Waals surface area contributed by atoms with Crippen LogP contribution in [-0.4, -0.2) is 58.0 Å². The first-order valence-corrected chi connectivity index (χ1v) is 8.28. The highest BCUT2D eigenvalue weighted by atomic mass is 32.2. The third-order valence-corrected chi connectivity index (χ3v) is 5.67. The van der Waals surface area contributed by atoms with Crippen molar-refractivity contribution < 1.29 is 13.2 Å². The summed E-state index contributed by atoms with van der Waals surface area (Å²) in [4.78, 5) is 2.17. The van der Waals surface area contributed by atoms with E-state index >= 15 is 0 Å². The van der Waals surface area contributed by atoms with E-state index in [1.807, 2.05) is 7.05 Å². The normalized spacial score (nSPS) is 20.2. The number of hydrogen-bond acceptors (Lipinski definition) is 4. The molecule has 1 heterocycles. The van der Waals surface area contributed by atoms with Crippen molar-refractivity contribution in [2.24, 2.45) is 0 Å². The second-order valence-corrected chi connectivity index (χ2v) is 7.03. The van der Waals surface area contributed by atoms with E-state index in [4.69, 9.17) is 4.74 Å². The molecular formula is C12H26N2O3S. The van der Waals surface area contributed by atoms with Gasteiger partial charge in [-0.1, -0.05) is 6.92 Å². The van der Waals surface area contributed by atoms with Gasteiger partial charge in [-0.15, -0.1) is 0 Å². The van der Waals surface area contributed by atoms with Gasteiger partial charge in [0.25, 0.3) is 0 Å². The second-order valence-electron chi connectivity index (χ2n) is 4.99. The molecule has 1 unspecified atom stereocenters. The van der Waals surface area contributed by atoms with E-state index in [0.29, 0.717) is 38.6 Å². The summed E-state index contributed by atoms with van der Waals surface area (Å²) >= 11 is 0. The third kappa shape index (κ3) is 4.84. The average Bonchev–Trinajstić information content (AvgIpc) is 2.38. The lowest BCUT2D eigenvalue weighted by Crippen LogP contribution is -2.42. The van der Waals surface area contributed by atoms with Crippen LogP contribution in [0, 0.1) is 0 Å². The molecule has 1 aliphatic rings. The van der Waals surface area contributed by atoms with Gasteiger partial charge in [0, 0.05) is 32.3 Å². The largest absolute Gasteiger partial charge is 0.381 e. The Kier molecular flexibility index (Phi) is 6.55. The predicted molar refractivity (Wildman–Crippen MR) is 73.1 cm³/mol. The molecule has 0 radical (unpaired) electrons. The summed E-state index contributed by atoms with van der Waals surface area (Å²) in [6.07, 6.45) is 2.29. The Hall–Kier alpha value is -0.170. The van der Waals surface area contributed by atoms with E-state index in [9.17, 15) is 8.42 Å². The number of nitrogens with zero attached hydrogens (tertiary/aromatic N) is 1. The number of likely N-dealkylation sites (N-methyl/N-ethyl adjacent to an activating group) is 1. The van der Waals surface area contributed by atoms with Crippen LogP contribution in [0.5, 0.6) is 0 Å². The molecule has 1 N–H and O–H groups in total. The molecule has 1 atom stereocenters. The van der Waals surface area contributed by atoms with Crippen LogP contribution in [0.1, 0.15) is 33.1 Å². The summed E-state index contributed by atoms with van der Waals surface area (Å²) in [6.45, 7) is 6.62. The second kappa shape index (κ2) is 7.43. The van der Waals surface area contributed by atoms with E-state index in [-0.39, 0.29) is 5.25 Å². The molecule has 5 nitrogen and oxygen atoms in total. The maximum absolute atomic E-state index is 12.0. The number of ether oxygens (including phenoxy) is 1.